The number of benzene rings is 2. The van der Waals surface area contributed by atoms with Crippen LogP contribution in [0.15, 0.2) is 42.5 Å². The maximum absolute atomic E-state index is 5.93. The number of rotatable bonds is 5. The number of hydrogen-bond acceptors (Lipinski definition) is 3. The molecule has 2 aromatic carbocycles. The lowest BCUT2D eigenvalue weighted by Gasteiger charge is -2.23. The van der Waals surface area contributed by atoms with Crippen LogP contribution < -0.4 is 15.2 Å². The van der Waals surface area contributed by atoms with E-state index in [0.29, 0.717) is 11.4 Å². The standard InChI is InChI=1S/C18H23NO2/c1-5-18(2,3)13-6-8-14(9-7-13)21-17-12-15(20-4)10-11-16(17)19/h6-12H,5,19H2,1-4H3. The molecule has 2 rings (SSSR count). The lowest BCUT2D eigenvalue weighted by Crippen LogP contribution is -2.14. The third kappa shape index (κ3) is 3.48. The van der Waals surface area contributed by atoms with E-state index >= 15 is 0 Å². The van der Waals surface area contributed by atoms with Crippen molar-refractivity contribution in [3.8, 4) is 17.2 Å². The smallest absolute Gasteiger partial charge is 0.153 e. The first-order valence-corrected chi connectivity index (χ1v) is 7.18. The molecule has 0 heterocycles. The van der Waals surface area contributed by atoms with E-state index in [9.17, 15) is 0 Å². The summed E-state index contributed by atoms with van der Waals surface area (Å²) in [6.07, 6.45) is 1.09. The molecule has 112 valence electrons. The van der Waals surface area contributed by atoms with Gasteiger partial charge >= 0.3 is 0 Å². The highest BCUT2D eigenvalue weighted by atomic mass is 16.5. The topological polar surface area (TPSA) is 44.5 Å². The fourth-order valence-corrected chi connectivity index (χ4v) is 2.04. The van der Waals surface area contributed by atoms with E-state index in [1.807, 2.05) is 18.2 Å². The van der Waals surface area contributed by atoms with Gasteiger partial charge in [0.1, 0.15) is 11.5 Å². The molecule has 0 bridgehead atoms. The highest BCUT2D eigenvalue weighted by Crippen LogP contribution is 2.33. The molecule has 0 unspecified atom stereocenters. The molecule has 0 aliphatic rings. The monoisotopic (exact) mass is 285 g/mol. The average molecular weight is 285 g/mol. The molecule has 0 aliphatic heterocycles. The molecule has 0 atom stereocenters. The van der Waals surface area contributed by atoms with E-state index in [4.69, 9.17) is 15.2 Å². The average Bonchev–Trinajstić information content (AvgIpc) is 2.50. The molecule has 21 heavy (non-hydrogen) atoms. The fraction of sp³-hybridized carbons (Fsp3) is 0.333. The summed E-state index contributed by atoms with van der Waals surface area (Å²) in [6.45, 7) is 6.67. The van der Waals surface area contributed by atoms with Gasteiger partial charge in [0, 0.05) is 6.07 Å². The molecule has 0 aromatic heterocycles. The van der Waals surface area contributed by atoms with Gasteiger partial charge in [-0.15, -0.1) is 0 Å². The Hall–Kier alpha value is -2.16. The summed E-state index contributed by atoms with van der Waals surface area (Å²) in [5.41, 5.74) is 8.00. The molecule has 3 nitrogen and oxygen atoms in total. The molecular weight excluding hydrogens is 262 g/mol. The van der Waals surface area contributed by atoms with Crippen molar-refractivity contribution in [1.82, 2.24) is 0 Å². The van der Waals surface area contributed by atoms with E-state index < -0.39 is 0 Å². The molecule has 0 aliphatic carbocycles. The van der Waals surface area contributed by atoms with Crippen molar-refractivity contribution in [2.75, 3.05) is 12.8 Å². The maximum atomic E-state index is 5.93. The van der Waals surface area contributed by atoms with Gasteiger partial charge in [0.2, 0.25) is 0 Å². The van der Waals surface area contributed by atoms with Crippen LogP contribution in [0.5, 0.6) is 17.2 Å². The van der Waals surface area contributed by atoms with E-state index in [1.54, 1.807) is 19.2 Å². The lowest BCUT2D eigenvalue weighted by molar-refractivity contribution is 0.409. The van der Waals surface area contributed by atoms with Gasteiger partial charge in [0.05, 0.1) is 12.8 Å². The van der Waals surface area contributed by atoms with Crippen LogP contribution in [0, 0.1) is 0 Å². The van der Waals surface area contributed by atoms with Crippen molar-refractivity contribution in [3.05, 3.63) is 48.0 Å². The zero-order valence-corrected chi connectivity index (χ0v) is 13.1. The first kappa shape index (κ1) is 15.2. The van der Waals surface area contributed by atoms with Crippen LogP contribution in [-0.4, -0.2) is 7.11 Å². The van der Waals surface area contributed by atoms with Gasteiger partial charge in [0.15, 0.2) is 5.75 Å². The van der Waals surface area contributed by atoms with Crippen LogP contribution in [0.3, 0.4) is 0 Å². The summed E-state index contributed by atoms with van der Waals surface area (Å²) < 4.78 is 11.0. The minimum absolute atomic E-state index is 0.174. The fourth-order valence-electron chi connectivity index (χ4n) is 2.04. The molecule has 3 heteroatoms. The number of nitrogens with two attached hydrogens (primary N) is 1. The minimum atomic E-state index is 0.174. The molecule has 0 amide bonds. The highest BCUT2D eigenvalue weighted by Gasteiger charge is 2.17. The van der Waals surface area contributed by atoms with Crippen LogP contribution >= 0.6 is 0 Å². The van der Waals surface area contributed by atoms with Crippen molar-refractivity contribution in [2.24, 2.45) is 0 Å². The van der Waals surface area contributed by atoms with Gasteiger partial charge in [-0.2, -0.15) is 0 Å². The maximum Gasteiger partial charge on any atom is 0.153 e. The summed E-state index contributed by atoms with van der Waals surface area (Å²) >= 11 is 0. The zero-order chi connectivity index (χ0) is 15.5. The highest BCUT2D eigenvalue weighted by molar-refractivity contribution is 5.57. The second kappa shape index (κ2) is 6.08. The minimum Gasteiger partial charge on any atom is -0.497 e. The Balaban J connectivity index is 2.21. The van der Waals surface area contributed by atoms with E-state index in [1.165, 1.54) is 5.56 Å². The SMILES string of the molecule is CCC(C)(C)c1ccc(Oc2cc(OC)ccc2N)cc1. The Labute approximate surface area is 126 Å². The van der Waals surface area contributed by atoms with Gasteiger partial charge < -0.3 is 15.2 Å². The Bertz CT molecular complexity index is 603. The Kier molecular flexibility index (Phi) is 4.41. The van der Waals surface area contributed by atoms with E-state index in [2.05, 4.69) is 32.9 Å². The number of ether oxygens (including phenoxy) is 2. The van der Waals surface area contributed by atoms with Gasteiger partial charge in [-0.1, -0.05) is 32.9 Å². The summed E-state index contributed by atoms with van der Waals surface area (Å²) in [7, 11) is 1.62. The Morgan fingerprint density at radius 1 is 1.00 bits per heavy atom. The van der Waals surface area contributed by atoms with E-state index in [-0.39, 0.29) is 5.41 Å². The largest absolute Gasteiger partial charge is 0.497 e. The van der Waals surface area contributed by atoms with Crippen LogP contribution in [0.2, 0.25) is 0 Å². The number of anilines is 1. The second-order valence-electron chi connectivity index (χ2n) is 5.77. The van der Waals surface area contributed by atoms with Gasteiger partial charge in [-0.25, -0.2) is 0 Å². The third-order valence-corrected chi connectivity index (χ3v) is 3.97. The second-order valence-corrected chi connectivity index (χ2v) is 5.77. The summed E-state index contributed by atoms with van der Waals surface area (Å²) in [5.74, 6) is 2.10. The van der Waals surface area contributed by atoms with E-state index in [0.717, 1.165) is 17.9 Å². The quantitative estimate of drug-likeness (QED) is 0.806. The van der Waals surface area contributed by atoms with Crippen LogP contribution in [0.4, 0.5) is 5.69 Å². The van der Waals surface area contributed by atoms with Gasteiger partial charge in [-0.3, -0.25) is 0 Å². The molecule has 2 N–H and O–H groups in total. The molecule has 0 fully saturated rings. The molecule has 0 spiro atoms. The van der Waals surface area contributed by atoms with Crippen molar-refractivity contribution < 1.29 is 9.47 Å². The molecule has 0 saturated carbocycles. The normalized spacial score (nSPS) is 11.2. The van der Waals surface area contributed by atoms with Gasteiger partial charge in [-0.05, 0) is 41.7 Å². The zero-order valence-electron chi connectivity index (χ0n) is 13.1. The summed E-state index contributed by atoms with van der Waals surface area (Å²) in [4.78, 5) is 0. The summed E-state index contributed by atoms with van der Waals surface area (Å²) in [6, 6.07) is 13.6. The lowest BCUT2D eigenvalue weighted by atomic mass is 9.82. The molecule has 0 radical (unpaired) electrons. The van der Waals surface area contributed by atoms with Crippen LogP contribution in [0.25, 0.3) is 0 Å². The van der Waals surface area contributed by atoms with Crippen molar-refractivity contribution in [2.45, 2.75) is 32.6 Å². The molecule has 2 aromatic rings. The number of nitrogen functional groups attached to an aromatic ring is 1. The van der Waals surface area contributed by atoms with Crippen molar-refractivity contribution in [1.29, 1.82) is 0 Å². The first-order chi connectivity index (χ1) is 9.96. The van der Waals surface area contributed by atoms with Crippen molar-refractivity contribution in [3.63, 3.8) is 0 Å². The number of methoxy groups -OCH3 is 1. The third-order valence-electron chi connectivity index (χ3n) is 3.97. The molecular formula is C18H23NO2. The van der Waals surface area contributed by atoms with Crippen LogP contribution in [0.1, 0.15) is 32.8 Å². The first-order valence-electron chi connectivity index (χ1n) is 7.18. The van der Waals surface area contributed by atoms with Gasteiger partial charge in [0.25, 0.3) is 0 Å². The number of hydrogen-bond donors (Lipinski definition) is 1. The Morgan fingerprint density at radius 3 is 2.19 bits per heavy atom. The summed E-state index contributed by atoms with van der Waals surface area (Å²) in [5, 5.41) is 0. The molecule has 0 saturated heterocycles. The Morgan fingerprint density at radius 2 is 1.62 bits per heavy atom. The predicted molar refractivity (Wildman–Crippen MR) is 87.2 cm³/mol. The van der Waals surface area contributed by atoms with Crippen molar-refractivity contribution >= 4 is 5.69 Å². The van der Waals surface area contributed by atoms with Crippen LogP contribution in [-0.2, 0) is 5.41 Å². The predicted octanol–water partition coefficient (Wildman–Crippen LogP) is 4.76.